The van der Waals surface area contributed by atoms with Crippen LogP contribution in [0.1, 0.15) is 22.5 Å². The van der Waals surface area contributed by atoms with E-state index in [-0.39, 0.29) is 11.9 Å². The number of carbonyl (C=O) groups is 1. The Hall–Kier alpha value is -2.47. The first-order chi connectivity index (χ1) is 11.3. The molecule has 0 aliphatic carbocycles. The van der Waals surface area contributed by atoms with Crippen LogP contribution >= 0.6 is 0 Å². The van der Waals surface area contributed by atoms with Crippen LogP contribution in [0.4, 0.5) is 0 Å². The molecule has 2 aromatic rings. The van der Waals surface area contributed by atoms with Crippen molar-refractivity contribution in [2.45, 2.75) is 19.1 Å². The Labute approximate surface area is 135 Å². The van der Waals surface area contributed by atoms with Crippen molar-refractivity contribution in [2.75, 3.05) is 20.1 Å². The maximum Gasteiger partial charge on any atom is 0.276 e. The van der Waals surface area contributed by atoms with Gasteiger partial charge in [-0.15, -0.1) is 0 Å². The fraction of sp³-hybridized carbons (Fsp3) is 0.353. The van der Waals surface area contributed by atoms with Crippen molar-refractivity contribution in [2.24, 2.45) is 0 Å². The van der Waals surface area contributed by atoms with Crippen molar-refractivity contribution in [1.29, 1.82) is 0 Å². The van der Waals surface area contributed by atoms with Gasteiger partial charge in [0.25, 0.3) is 5.91 Å². The van der Waals surface area contributed by atoms with Crippen LogP contribution in [0.5, 0.6) is 5.75 Å². The number of likely N-dealkylation sites (N-methyl/N-ethyl adjacent to an activating group) is 1. The van der Waals surface area contributed by atoms with Crippen LogP contribution < -0.4 is 10.1 Å². The maximum atomic E-state index is 12.7. The van der Waals surface area contributed by atoms with Crippen LogP contribution in [0.25, 0.3) is 0 Å². The zero-order chi connectivity index (χ0) is 16.1. The third-order valence-electron chi connectivity index (χ3n) is 4.02. The van der Waals surface area contributed by atoms with Gasteiger partial charge in [-0.1, -0.05) is 0 Å². The van der Waals surface area contributed by atoms with Gasteiger partial charge in [0.15, 0.2) is 11.4 Å². The Morgan fingerprint density at radius 1 is 1.35 bits per heavy atom. The molecule has 120 valence electrons. The molecule has 1 aliphatic heterocycles. The number of hydrogen-bond donors (Lipinski definition) is 1. The quantitative estimate of drug-likeness (QED) is 0.906. The summed E-state index contributed by atoms with van der Waals surface area (Å²) in [6.07, 6.45) is 6.01. The summed E-state index contributed by atoms with van der Waals surface area (Å²) in [5.41, 5.74) is 1.35. The van der Waals surface area contributed by atoms with Gasteiger partial charge < -0.3 is 15.0 Å². The van der Waals surface area contributed by atoms with Crippen molar-refractivity contribution in [1.82, 2.24) is 20.2 Å². The molecule has 0 spiro atoms. The molecule has 23 heavy (non-hydrogen) atoms. The molecular weight excluding hydrogens is 292 g/mol. The number of nitrogens with zero attached hydrogens (tertiary/aromatic N) is 3. The van der Waals surface area contributed by atoms with E-state index in [1.807, 2.05) is 19.2 Å². The van der Waals surface area contributed by atoms with Crippen molar-refractivity contribution in [3.05, 3.63) is 54.1 Å². The Morgan fingerprint density at radius 3 is 2.91 bits per heavy atom. The fourth-order valence-corrected chi connectivity index (χ4v) is 2.61. The number of aromatic nitrogens is 2. The summed E-state index contributed by atoms with van der Waals surface area (Å²) < 4.78 is 5.80. The third kappa shape index (κ3) is 3.65. The van der Waals surface area contributed by atoms with Gasteiger partial charge in [-0.05, 0) is 42.8 Å². The summed E-state index contributed by atoms with van der Waals surface area (Å²) in [6, 6.07) is 7.53. The molecule has 0 saturated carbocycles. The zero-order valence-electron chi connectivity index (χ0n) is 13.1. The average Bonchev–Trinajstić information content (AvgIpc) is 3.14. The molecule has 1 saturated heterocycles. The van der Waals surface area contributed by atoms with E-state index in [1.54, 1.807) is 35.6 Å². The Morgan fingerprint density at radius 2 is 2.17 bits per heavy atom. The number of nitrogens with one attached hydrogen (secondary N) is 1. The van der Waals surface area contributed by atoms with Crippen LogP contribution in [0.15, 0.2) is 42.9 Å². The molecule has 1 N–H and O–H groups in total. The van der Waals surface area contributed by atoms with Gasteiger partial charge in [0.2, 0.25) is 0 Å². The van der Waals surface area contributed by atoms with Gasteiger partial charge in [0, 0.05) is 38.2 Å². The van der Waals surface area contributed by atoms with Gasteiger partial charge in [-0.2, -0.15) is 0 Å². The second-order valence-corrected chi connectivity index (χ2v) is 5.56. The monoisotopic (exact) mass is 312 g/mol. The predicted octanol–water partition coefficient (Wildman–Crippen LogP) is 1.49. The van der Waals surface area contributed by atoms with E-state index >= 15 is 0 Å². The van der Waals surface area contributed by atoms with Crippen molar-refractivity contribution in [3.63, 3.8) is 0 Å². The largest absolute Gasteiger partial charge is 0.486 e. The molecule has 0 bridgehead atoms. The lowest BCUT2D eigenvalue weighted by Crippen LogP contribution is -2.38. The zero-order valence-corrected chi connectivity index (χ0v) is 13.1. The molecule has 0 radical (unpaired) electrons. The lowest BCUT2D eigenvalue weighted by molar-refractivity contribution is 0.0732. The SMILES string of the molecule is CN(C(=O)c1ncccc1OCc1ccncc1)C1CCNC1. The van der Waals surface area contributed by atoms with Gasteiger partial charge in [0.1, 0.15) is 6.61 Å². The highest BCUT2D eigenvalue weighted by atomic mass is 16.5. The molecule has 1 fully saturated rings. The topological polar surface area (TPSA) is 67.4 Å². The highest BCUT2D eigenvalue weighted by Crippen LogP contribution is 2.20. The molecule has 1 aliphatic rings. The molecular formula is C17H20N4O2. The lowest BCUT2D eigenvalue weighted by Gasteiger charge is -2.24. The smallest absolute Gasteiger partial charge is 0.276 e. The number of amides is 1. The van der Waals surface area contributed by atoms with E-state index in [0.29, 0.717) is 18.1 Å². The minimum absolute atomic E-state index is 0.107. The predicted molar refractivity (Wildman–Crippen MR) is 86.2 cm³/mol. The van der Waals surface area contributed by atoms with Gasteiger partial charge in [-0.25, -0.2) is 4.98 Å². The number of carbonyl (C=O) groups excluding carboxylic acids is 1. The van der Waals surface area contributed by atoms with Crippen LogP contribution in [0, 0.1) is 0 Å². The second kappa shape index (κ2) is 7.19. The molecule has 1 atom stereocenters. The molecule has 2 aromatic heterocycles. The summed E-state index contributed by atoms with van der Waals surface area (Å²) in [5, 5.41) is 3.27. The molecule has 3 heterocycles. The first-order valence-corrected chi connectivity index (χ1v) is 7.70. The summed E-state index contributed by atoms with van der Waals surface area (Å²) in [6.45, 7) is 2.14. The summed E-state index contributed by atoms with van der Waals surface area (Å²) in [7, 11) is 1.82. The van der Waals surface area contributed by atoms with Crippen LogP contribution in [0.2, 0.25) is 0 Å². The molecule has 6 heteroatoms. The van der Waals surface area contributed by atoms with E-state index in [9.17, 15) is 4.79 Å². The molecule has 6 nitrogen and oxygen atoms in total. The summed E-state index contributed by atoms with van der Waals surface area (Å²) in [4.78, 5) is 22.7. The maximum absolute atomic E-state index is 12.7. The van der Waals surface area contributed by atoms with Crippen LogP contribution in [0.3, 0.4) is 0 Å². The fourth-order valence-electron chi connectivity index (χ4n) is 2.61. The Kier molecular flexibility index (Phi) is 4.83. The molecule has 0 aromatic carbocycles. The van der Waals surface area contributed by atoms with E-state index in [4.69, 9.17) is 4.74 Å². The van der Waals surface area contributed by atoms with Crippen molar-refractivity contribution in [3.8, 4) is 5.75 Å². The van der Waals surface area contributed by atoms with Gasteiger partial charge >= 0.3 is 0 Å². The summed E-state index contributed by atoms with van der Waals surface area (Å²) in [5.74, 6) is 0.399. The van der Waals surface area contributed by atoms with Crippen LogP contribution in [-0.4, -0.2) is 47.0 Å². The van der Waals surface area contributed by atoms with Crippen molar-refractivity contribution >= 4 is 5.91 Å². The number of ether oxygens (including phenoxy) is 1. The van der Waals surface area contributed by atoms with Gasteiger partial charge in [-0.3, -0.25) is 9.78 Å². The standard InChI is InChI=1S/C17H20N4O2/c1-21(14-6-10-19-11-14)17(22)16-15(3-2-7-20-16)23-12-13-4-8-18-9-5-13/h2-5,7-9,14,19H,6,10-12H2,1H3. The minimum atomic E-state index is -0.107. The first kappa shape index (κ1) is 15.4. The average molecular weight is 312 g/mol. The highest BCUT2D eigenvalue weighted by Gasteiger charge is 2.26. The minimum Gasteiger partial charge on any atom is -0.486 e. The lowest BCUT2D eigenvalue weighted by atomic mass is 10.2. The van der Waals surface area contributed by atoms with E-state index in [1.165, 1.54) is 0 Å². The molecule has 3 rings (SSSR count). The summed E-state index contributed by atoms with van der Waals surface area (Å²) >= 11 is 0. The molecule has 1 unspecified atom stereocenters. The number of hydrogen-bond acceptors (Lipinski definition) is 5. The third-order valence-corrected chi connectivity index (χ3v) is 4.02. The van der Waals surface area contributed by atoms with E-state index in [2.05, 4.69) is 15.3 Å². The van der Waals surface area contributed by atoms with Crippen molar-refractivity contribution < 1.29 is 9.53 Å². The number of pyridine rings is 2. The highest BCUT2D eigenvalue weighted by molar-refractivity contribution is 5.95. The molecule has 1 amide bonds. The Balaban J connectivity index is 1.73. The van der Waals surface area contributed by atoms with Gasteiger partial charge in [0.05, 0.1) is 0 Å². The van der Waals surface area contributed by atoms with E-state index < -0.39 is 0 Å². The van der Waals surface area contributed by atoms with Crippen LogP contribution in [-0.2, 0) is 6.61 Å². The second-order valence-electron chi connectivity index (χ2n) is 5.56. The first-order valence-electron chi connectivity index (χ1n) is 7.70. The number of rotatable bonds is 5. The van der Waals surface area contributed by atoms with E-state index in [0.717, 1.165) is 25.1 Å². The normalized spacial score (nSPS) is 17.0. The Bertz CT molecular complexity index is 657.